The van der Waals surface area contributed by atoms with Crippen molar-refractivity contribution < 1.29 is 65.9 Å². The summed E-state index contributed by atoms with van der Waals surface area (Å²) in [7, 11) is -1.95. The second-order valence-corrected chi connectivity index (χ2v) is 56.4. The molecule has 23 heteroatoms. The number of benzene rings is 3. The van der Waals surface area contributed by atoms with E-state index in [9.17, 15) is 39.5 Å². The zero-order valence-electron chi connectivity index (χ0n) is 24.7. The molecule has 0 saturated carbocycles. The van der Waals surface area contributed by atoms with E-state index < -0.39 is 149 Å². The van der Waals surface area contributed by atoms with Crippen LogP contribution < -0.4 is 3.68 Å². The van der Waals surface area contributed by atoms with Crippen molar-refractivity contribution in [3.8, 4) is 0 Å². The molecule has 2 heterocycles. The Hall–Kier alpha value is -1.37. The Morgan fingerprint density at radius 2 is 0.824 bits per heavy atom. The van der Waals surface area contributed by atoms with Crippen molar-refractivity contribution in [2.45, 2.75) is 27.5 Å². The number of hydrogen-bond acceptors (Lipinski definition) is 6. The van der Waals surface area contributed by atoms with Crippen LogP contribution in [0.1, 0.15) is 12.8 Å². The summed E-state index contributed by atoms with van der Waals surface area (Å²) in [6.07, 6.45) is 4.81. The summed E-state index contributed by atoms with van der Waals surface area (Å²) in [5.41, 5.74) is 0.567. The van der Waals surface area contributed by atoms with Crippen molar-refractivity contribution in [3.63, 3.8) is 0 Å². The molecule has 0 amide bonds. The Labute approximate surface area is 302 Å². The summed E-state index contributed by atoms with van der Waals surface area (Å²) in [6.45, 7) is 0.716. The van der Waals surface area contributed by atoms with Crippen LogP contribution in [-0.2, 0) is 0 Å². The van der Waals surface area contributed by atoms with Crippen molar-refractivity contribution in [2.24, 2.45) is 9.60 Å². The number of nitrogens with zero attached hydrogens (tertiary/aromatic N) is 2. The molecule has 5 rings (SSSR count). The van der Waals surface area contributed by atoms with Gasteiger partial charge in [0.1, 0.15) is 0 Å². The molecule has 2 aliphatic heterocycles. The van der Waals surface area contributed by atoms with Gasteiger partial charge in [-0.1, -0.05) is 0 Å². The molecule has 0 aromatic heterocycles. The average molecular weight is 1200 g/mol. The van der Waals surface area contributed by atoms with Gasteiger partial charge >= 0.3 is 305 Å². The summed E-state index contributed by atoms with van der Waals surface area (Å²) in [5.74, 6) is -39.7. The van der Waals surface area contributed by atoms with E-state index >= 15 is 26.3 Å². The number of hydrogen-bond donors (Lipinski definition) is 1. The maximum absolute atomic E-state index is 15.3. The summed E-state index contributed by atoms with van der Waals surface area (Å²) >= 11 is -7.37. The Morgan fingerprint density at radius 1 is 0.529 bits per heavy atom. The van der Waals surface area contributed by atoms with E-state index in [0.717, 1.165) is 6.20 Å². The molecule has 1 saturated heterocycles. The fourth-order valence-electron chi connectivity index (χ4n) is 5.01. The predicted octanol–water partition coefficient (Wildman–Crippen LogP) is 8.31. The van der Waals surface area contributed by atoms with Crippen LogP contribution in [0.3, 0.4) is 0 Å². The first-order valence-corrected chi connectivity index (χ1v) is 34.5. The normalized spacial score (nSPS) is 16.8. The van der Waals surface area contributed by atoms with Crippen LogP contribution in [0.15, 0.2) is 38.6 Å². The molecule has 1 fully saturated rings. The molecule has 0 aliphatic carbocycles. The third kappa shape index (κ3) is 7.27. The Balaban J connectivity index is 1.84. The topological polar surface area (TPSA) is 32.5 Å². The third-order valence-electron chi connectivity index (χ3n) is 7.70. The van der Waals surface area contributed by atoms with E-state index in [1.54, 1.807) is 0 Å². The first kappa shape index (κ1) is 40.8. The molecule has 0 radical (unpaired) electrons. The fourth-order valence-corrected chi connectivity index (χ4v) is 51.5. The zero-order chi connectivity index (χ0) is 37.9. The Bertz CT molecular complexity index is 1750. The van der Waals surface area contributed by atoms with Gasteiger partial charge in [-0.3, -0.25) is 0 Å². The van der Waals surface area contributed by atoms with Crippen molar-refractivity contribution in [2.75, 3.05) is 19.6 Å². The second-order valence-electron chi connectivity index (χ2n) is 10.8. The number of halogens is 15. The van der Waals surface area contributed by atoms with Crippen LogP contribution in [-0.4, -0.2) is 65.3 Å². The van der Waals surface area contributed by atoms with Gasteiger partial charge in [0, 0.05) is 0 Å². The fraction of sp³-hybridized carbons (Fsp3) is 0.214. The SMILES string of the molecule is [NH2][Bi]([S]c1c(F)c(F)c(F)c(F)c1F)([S]c1c(F)c(F)c(F)c(F)c1F)([S]c1c(F)c(F)c(F)c(F)c1F)[N]1C=CC(C2CC[N]([BiH2])CC2)=CC1. The second kappa shape index (κ2) is 15.0. The minimum absolute atomic E-state index is 0.134. The monoisotopic (exact) mass is 1200 g/mol. The van der Waals surface area contributed by atoms with E-state index in [1.807, 2.05) is 0 Å². The quantitative estimate of drug-likeness (QED) is 0.106. The van der Waals surface area contributed by atoms with Crippen molar-refractivity contribution in [1.29, 1.82) is 0 Å². The number of piperidine rings is 1. The molecular weight excluding hydrogens is 1180 g/mol. The molecule has 0 bridgehead atoms. The van der Waals surface area contributed by atoms with E-state index in [1.165, 1.54) is 12.2 Å². The van der Waals surface area contributed by atoms with Crippen LogP contribution in [0.25, 0.3) is 0 Å². The zero-order valence-corrected chi connectivity index (χ0v) is 35.2. The van der Waals surface area contributed by atoms with Crippen molar-refractivity contribution in [1.82, 2.24) is 5.69 Å². The van der Waals surface area contributed by atoms with Gasteiger partial charge in [-0.15, -0.1) is 0 Å². The van der Waals surface area contributed by atoms with Gasteiger partial charge in [0.05, 0.1) is 0 Å². The number of allylic oxidation sites excluding steroid dienone is 2. The van der Waals surface area contributed by atoms with E-state index in [2.05, 4.69) is 2.84 Å². The van der Waals surface area contributed by atoms with E-state index in [4.69, 9.17) is 3.68 Å². The number of rotatable bonds is 8. The Kier molecular flexibility index (Phi) is 12.0. The number of nitrogens with two attached hydrogens (primary N) is 1. The maximum atomic E-state index is 15.3. The molecule has 0 spiro atoms. The third-order valence-corrected chi connectivity index (χ3v) is 52.5. The van der Waals surface area contributed by atoms with Gasteiger partial charge in [-0.25, -0.2) is 0 Å². The van der Waals surface area contributed by atoms with Gasteiger partial charge in [0.25, 0.3) is 0 Å². The van der Waals surface area contributed by atoms with Crippen LogP contribution in [0.2, 0.25) is 0 Å². The molecular formula is C28H18Bi2F15N3S3. The molecule has 0 unspecified atom stereocenters. The molecule has 3 aromatic rings. The van der Waals surface area contributed by atoms with Gasteiger partial charge in [-0.2, -0.15) is 0 Å². The molecule has 278 valence electrons. The molecule has 0 atom stereocenters. The first-order chi connectivity index (χ1) is 23.7. The average Bonchev–Trinajstić information content (AvgIpc) is 3.12. The van der Waals surface area contributed by atoms with Gasteiger partial charge < -0.3 is 0 Å². The van der Waals surface area contributed by atoms with E-state index in [0.29, 0.717) is 59.4 Å². The van der Waals surface area contributed by atoms with Crippen LogP contribution in [0.5, 0.6) is 0 Å². The first-order valence-electron chi connectivity index (χ1n) is 13.8. The summed E-state index contributed by atoms with van der Waals surface area (Å²) in [5, 5.41) is 0. The Morgan fingerprint density at radius 3 is 1.10 bits per heavy atom. The van der Waals surface area contributed by atoms with Crippen LogP contribution in [0, 0.1) is 93.2 Å². The van der Waals surface area contributed by atoms with Crippen LogP contribution >= 0.6 is 25.6 Å². The standard InChI is InChI=1S/C10H14N2.3C6HF5S.2Bi.H2N.2H/c1-5-11-6-2-9(1)10-3-7-12-8-4-10;3*7-1-2(8)4(10)6(12)5(11)3(1)9;;;;;/h1-2,5,10H,3-4,6-8H2;3*12H;;;1H2;;/q-2;;;;+1;+5;-1;;/p-3. The summed E-state index contributed by atoms with van der Waals surface area (Å²) < 4.78 is 230. The van der Waals surface area contributed by atoms with Crippen LogP contribution in [0.4, 0.5) is 65.9 Å². The van der Waals surface area contributed by atoms with Crippen molar-refractivity contribution >= 4 is 65.5 Å². The van der Waals surface area contributed by atoms with Crippen molar-refractivity contribution in [3.05, 3.63) is 111 Å². The minimum atomic E-state index is -7.90. The molecule has 3 nitrogen and oxygen atoms in total. The predicted molar refractivity (Wildman–Crippen MR) is 163 cm³/mol. The molecule has 3 aromatic carbocycles. The molecule has 51 heavy (non-hydrogen) atoms. The summed E-state index contributed by atoms with van der Waals surface area (Å²) in [4.78, 5) is -5.84. The van der Waals surface area contributed by atoms with Gasteiger partial charge in [0.15, 0.2) is 0 Å². The molecule has 2 aliphatic rings. The molecule has 2 N–H and O–H groups in total. The van der Waals surface area contributed by atoms with Gasteiger partial charge in [-0.05, 0) is 0 Å². The van der Waals surface area contributed by atoms with Gasteiger partial charge in [0.2, 0.25) is 0 Å². The summed E-state index contributed by atoms with van der Waals surface area (Å²) in [6, 6.07) is 0. The van der Waals surface area contributed by atoms with E-state index in [-0.39, 0.29) is 5.92 Å².